The van der Waals surface area contributed by atoms with Crippen molar-refractivity contribution in [3.8, 4) is 0 Å². The Kier molecular flexibility index (Phi) is 74.8. The van der Waals surface area contributed by atoms with Crippen LogP contribution in [0.4, 0.5) is 0 Å². The van der Waals surface area contributed by atoms with E-state index in [1.165, 1.54) is 360 Å². The average Bonchev–Trinajstić information content (AvgIpc) is 3.52. The van der Waals surface area contributed by atoms with Crippen molar-refractivity contribution in [3.05, 3.63) is 36.5 Å². The highest BCUT2D eigenvalue weighted by molar-refractivity contribution is 5.76. The first-order chi connectivity index (χ1) is 43.0. The fraction of sp³-hybridized carbons (Fsp3) is 0.901. The first kappa shape index (κ1) is 85.1. The zero-order chi connectivity index (χ0) is 62.8. The van der Waals surface area contributed by atoms with E-state index in [0.29, 0.717) is 25.9 Å². The predicted octanol–water partition coefficient (Wildman–Crippen LogP) is 26.2. The number of amides is 1. The Hall–Kier alpha value is -1.92. The number of aliphatic hydroxyl groups excluding tert-OH is 2. The van der Waals surface area contributed by atoms with E-state index in [9.17, 15) is 19.8 Å². The number of aliphatic hydroxyl groups is 2. The highest BCUT2D eigenvalue weighted by Crippen LogP contribution is 2.20. The van der Waals surface area contributed by atoms with Gasteiger partial charge in [0.25, 0.3) is 0 Å². The summed E-state index contributed by atoms with van der Waals surface area (Å²) in [6, 6.07) is -0.544. The van der Waals surface area contributed by atoms with E-state index < -0.39 is 12.1 Å². The number of hydrogen-bond donors (Lipinski definition) is 3. The van der Waals surface area contributed by atoms with Crippen molar-refractivity contribution in [2.24, 2.45) is 0 Å². The molecule has 0 aromatic rings. The molecule has 514 valence electrons. The van der Waals surface area contributed by atoms with Crippen LogP contribution in [0.1, 0.15) is 444 Å². The number of carbonyl (C=O) groups excluding carboxylic acids is 2. The Morgan fingerprint density at radius 3 is 0.885 bits per heavy atom. The van der Waals surface area contributed by atoms with Gasteiger partial charge in [-0.1, -0.05) is 384 Å². The SMILES string of the molecule is CCCCCCCCC/C=C\CCCCCCCC(=O)OCCCCCCCCCCC/C=C\C/C=C\CCCCCCCCCCCCCCCC(=O)NC(CO)C(O)CCCCCCCCCCCCCCCCCCCCCCCCCCC. The summed E-state index contributed by atoms with van der Waals surface area (Å²) in [5, 5.41) is 23.5. The van der Waals surface area contributed by atoms with Gasteiger partial charge in [-0.3, -0.25) is 9.59 Å². The minimum absolute atomic E-state index is 0.00551. The molecule has 6 heteroatoms. The van der Waals surface area contributed by atoms with Crippen molar-refractivity contribution in [2.45, 2.75) is 456 Å². The normalized spacial score (nSPS) is 12.6. The minimum Gasteiger partial charge on any atom is -0.466 e. The standard InChI is InChI=1S/C81H155NO5/c1-3-5-7-9-11-13-15-17-19-21-22-23-24-30-33-36-39-42-45-49-53-57-61-65-69-73-79(84)78(77-83)82-80(85)74-70-66-62-58-54-50-46-43-40-37-34-31-28-26-25-27-29-32-35-38-41-44-48-52-56-60-64-68-72-76-87-81(86)75-71-67-63-59-55-51-47-20-18-16-14-12-10-8-6-4-2/h20,25,27,32,35,47,78-79,83-84H,3-19,21-24,26,28-31,33-34,36-46,48-77H2,1-2H3,(H,82,85)/b27-25-,35-32-,47-20-. The second-order valence-electron chi connectivity index (χ2n) is 27.4. The molecule has 87 heavy (non-hydrogen) atoms. The van der Waals surface area contributed by atoms with E-state index in [2.05, 4.69) is 55.6 Å². The maximum atomic E-state index is 12.6. The number of carbonyl (C=O) groups is 2. The van der Waals surface area contributed by atoms with Crippen LogP contribution in [0, 0.1) is 0 Å². The molecule has 0 heterocycles. The first-order valence-electron chi connectivity index (χ1n) is 39.7. The van der Waals surface area contributed by atoms with E-state index in [4.69, 9.17) is 4.74 Å². The molecular formula is C81H155NO5. The highest BCUT2D eigenvalue weighted by Gasteiger charge is 2.20. The van der Waals surface area contributed by atoms with Crippen LogP contribution in [0.5, 0.6) is 0 Å². The largest absolute Gasteiger partial charge is 0.466 e. The molecule has 0 aliphatic rings. The molecule has 0 radical (unpaired) electrons. The summed E-state index contributed by atoms with van der Waals surface area (Å²) in [5.41, 5.74) is 0. The molecule has 0 aromatic heterocycles. The quantitative estimate of drug-likeness (QED) is 0.0320. The summed E-state index contributed by atoms with van der Waals surface area (Å²) in [6.45, 7) is 4.99. The summed E-state index contributed by atoms with van der Waals surface area (Å²) in [6.07, 6.45) is 99.4. The third-order valence-corrected chi connectivity index (χ3v) is 18.7. The molecule has 6 nitrogen and oxygen atoms in total. The topological polar surface area (TPSA) is 95.9 Å². The molecule has 3 N–H and O–H groups in total. The average molecular weight is 1220 g/mol. The van der Waals surface area contributed by atoms with Gasteiger partial charge in [0, 0.05) is 12.8 Å². The molecule has 0 saturated heterocycles. The van der Waals surface area contributed by atoms with Crippen LogP contribution in [0.25, 0.3) is 0 Å². The van der Waals surface area contributed by atoms with Crippen LogP contribution < -0.4 is 5.32 Å². The van der Waals surface area contributed by atoms with Crippen molar-refractivity contribution in [2.75, 3.05) is 13.2 Å². The minimum atomic E-state index is -0.667. The molecule has 2 atom stereocenters. The molecule has 0 saturated carbocycles. The molecule has 0 aromatic carbocycles. The molecule has 2 unspecified atom stereocenters. The number of esters is 1. The number of ether oxygens (including phenoxy) is 1. The van der Waals surface area contributed by atoms with Crippen molar-refractivity contribution in [1.82, 2.24) is 5.32 Å². The summed E-state index contributed by atoms with van der Waals surface area (Å²) >= 11 is 0. The fourth-order valence-electron chi connectivity index (χ4n) is 12.6. The van der Waals surface area contributed by atoms with Gasteiger partial charge < -0.3 is 20.3 Å². The Labute approximate surface area is 544 Å². The molecule has 0 rings (SSSR count). The number of rotatable bonds is 75. The number of nitrogens with one attached hydrogen (secondary N) is 1. The van der Waals surface area contributed by atoms with Crippen LogP contribution in [0.15, 0.2) is 36.5 Å². The van der Waals surface area contributed by atoms with E-state index in [1.54, 1.807) is 0 Å². The number of unbranched alkanes of at least 4 members (excludes halogenated alkanes) is 58. The Morgan fingerprint density at radius 1 is 0.322 bits per heavy atom. The Bertz CT molecular complexity index is 1410. The molecule has 0 aliphatic heterocycles. The van der Waals surface area contributed by atoms with Gasteiger partial charge in [-0.2, -0.15) is 0 Å². The Morgan fingerprint density at radius 2 is 0.575 bits per heavy atom. The smallest absolute Gasteiger partial charge is 0.305 e. The lowest BCUT2D eigenvalue weighted by molar-refractivity contribution is -0.143. The van der Waals surface area contributed by atoms with E-state index in [1.807, 2.05) is 0 Å². The van der Waals surface area contributed by atoms with Gasteiger partial charge in [-0.25, -0.2) is 0 Å². The molecule has 0 fully saturated rings. The predicted molar refractivity (Wildman–Crippen MR) is 384 cm³/mol. The van der Waals surface area contributed by atoms with Crippen LogP contribution in [-0.2, 0) is 14.3 Å². The van der Waals surface area contributed by atoms with Gasteiger partial charge in [0.15, 0.2) is 0 Å². The monoisotopic (exact) mass is 1220 g/mol. The van der Waals surface area contributed by atoms with Crippen molar-refractivity contribution >= 4 is 11.9 Å². The molecule has 0 bridgehead atoms. The lowest BCUT2D eigenvalue weighted by atomic mass is 10.0. The van der Waals surface area contributed by atoms with E-state index >= 15 is 0 Å². The molecular weight excluding hydrogens is 1070 g/mol. The summed E-state index contributed by atoms with van der Waals surface area (Å²) in [7, 11) is 0. The van der Waals surface area contributed by atoms with Crippen molar-refractivity contribution < 1.29 is 24.5 Å². The maximum absolute atomic E-state index is 12.6. The zero-order valence-corrected chi connectivity index (χ0v) is 59.0. The second kappa shape index (κ2) is 76.5. The van der Waals surface area contributed by atoms with Crippen molar-refractivity contribution in [1.29, 1.82) is 0 Å². The molecule has 0 aliphatic carbocycles. The maximum Gasteiger partial charge on any atom is 0.305 e. The zero-order valence-electron chi connectivity index (χ0n) is 59.0. The number of allylic oxidation sites excluding steroid dienone is 6. The van der Waals surface area contributed by atoms with Gasteiger partial charge in [0.1, 0.15) is 0 Å². The Balaban J connectivity index is 3.40. The first-order valence-corrected chi connectivity index (χ1v) is 39.7. The van der Waals surface area contributed by atoms with Crippen LogP contribution in [-0.4, -0.2) is 47.4 Å². The molecule has 1 amide bonds. The second-order valence-corrected chi connectivity index (χ2v) is 27.4. The van der Waals surface area contributed by atoms with E-state index in [0.717, 1.165) is 51.4 Å². The van der Waals surface area contributed by atoms with Gasteiger partial charge in [-0.05, 0) is 83.5 Å². The van der Waals surface area contributed by atoms with Crippen LogP contribution in [0.3, 0.4) is 0 Å². The van der Waals surface area contributed by atoms with Crippen molar-refractivity contribution in [3.63, 3.8) is 0 Å². The van der Waals surface area contributed by atoms with Crippen LogP contribution >= 0.6 is 0 Å². The summed E-state index contributed by atoms with van der Waals surface area (Å²) < 4.78 is 5.49. The third-order valence-electron chi connectivity index (χ3n) is 18.7. The lowest BCUT2D eigenvalue weighted by Gasteiger charge is -2.22. The highest BCUT2D eigenvalue weighted by atomic mass is 16.5. The van der Waals surface area contributed by atoms with Gasteiger partial charge in [0.05, 0.1) is 25.4 Å². The summed E-state index contributed by atoms with van der Waals surface area (Å²) in [4.78, 5) is 24.7. The third kappa shape index (κ3) is 73.0. The van der Waals surface area contributed by atoms with Gasteiger partial charge in [-0.15, -0.1) is 0 Å². The lowest BCUT2D eigenvalue weighted by Crippen LogP contribution is -2.45. The van der Waals surface area contributed by atoms with E-state index in [-0.39, 0.29) is 18.5 Å². The molecule has 0 spiro atoms. The van der Waals surface area contributed by atoms with Gasteiger partial charge in [0.2, 0.25) is 5.91 Å². The fourth-order valence-corrected chi connectivity index (χ4v) is 12.6. The number of hydrogen-bond acceptors (Lipinski definition) is 5. The van der Waals surface area contributed by atoms with Crippen LogP contribution in [0.2, 0.25) is 0 Å². The summed E-state index contributed by atoms with van der Waals surface area (Å²) in [5.74, 6) is -0.0252. The van der Waals surface area contributed by atoms with Gasteiger partial charge >= 0.3 is 5.97 Å².